The predicted molar refractivity (Wildman–Crippen MR) is 119 cm³/mol. The Morgan fingerprint density at radius 1 is 1.04 bits per heavy atom. The number of para-hydroxylation sites is 2. The molecule has 2 heterocycles. The Balaban J connectivity index is 1.65. The minimum absolute atomic E-state index is 0.468. The van der Waals surface area contributed by atoms with Gasteiger partial charge in [-0.3, -0.25) is 0 Å². The number of pyridine rings is 1. The molecular formula is C23H29N5. The molecule has 2 aliphatic heterocycles. The van der Waals surface area contributed by atoms with Gasteiger partial charge in [0.1, 0.15) is 5.69 Å². The highest BCUT2D eigenvalue weighted by Crippen LogP contribution is 2.40. The van der Waals surface area contributed by atoms with Crippen LogP contribution in [0.1, 0.15) is 19.8 Å². The van der Waals surface area contributed by atoms with E-state index < -0.39 is 0 Å². The van der Waals surface area contributed by atoms with Crippen LogP contribution in [0.4, 0.5) is 5.69 Å². The molecule has 2 aromatic carbocycles. The van der Waals surface area contributed by atoms with Crippen molar-refractivity contribution in [1.29, 1.82) is 0 Å². The predicted octanol–water partition coefficient (Wildman–Crippen LogP) is 3.96. The summed E-state index contributed by atoms with van der Waals surface area (Å²) in [4.78, 5) is 4.96. The van der Waals surface area contributed by atoms with E-state index in [-0.39, 0.29) is 0 Å². The first-order valence-corrected chi connectivity index (χ1v) is 10.1. The number of hydrogen-bond donors (Lipinski definition) is 3. The van der Waals surface area contributed by atoms with Crippen molar-refractivity contribution in [2.24, 2.45) is 12.8 Å². The molecule has 2 aliphatic rings. The van der Waals surface area contributed by atoms with E-state index in [1.807, 2.05) is 0 Å². The Hall–Kier alpha value is -2.63. The molecule has 0 amide bonds. The number of nitrogens with one attached hydrogen (secondary N) is 2. The lowest BCUT2D eigenvalue weighted by Crippen LogP contribution is -2.30. The lowest BCUT2D eigenvalue weighted by atomic mass is 10.1. The second-order valence-electron chi connectivity index (χ2n) is 7.49. The molecule has 28 heavy (non-hydrogen) atoms. The van der Waals surface area contributed by atoms with E-state index in [0.717, 1.165) is 49.4 Å². The van der Waals surface area contributed by atoms with Crippen molar-refractivity contribution >= 4 is 27.5 Å². The first kappa shape index (κ1) is 18.7. The molecule has 0 aliphatic carbocycles. The van der Waals surface area contributed by atoms with Crippen LogP contribution in [-0.4, -0.2) is 35.2 Å². The third kappa shape index (κ3) is 3.43. The van der Waals surface area contributed by atoms with Crippen molar-refractivity contribution in [3.05, 3.63) is 48.5 Å². The van der Waals surface area contributed by atoms with Crippen molar-refractivity contribution in [1.82, 2.24) is 14.9 Å². The topological polar surface area (TPSA) is 67.9 Å². The van der Waals surface area contributed by atoms with Gasteiger partial charge in [0.2, 0.25) is 0 Å². The molecule has 0 aromatic heterocycles. The van der Waals surface area contributed by atoms with Gasteiger partial charge in [-0.15, -0.1) is 0 Å². The Bertz CT molecular complexity index is 1050. The number of benzene rings is 2. The van der Waals surface area contributed by atoms with Crippen LogP contribution >= 0.6 is 0 Å². The first-order chi connectivity index (χ1) is 13.7. The Morgan fingerprint density at radius 2 is 1.79 bits per heavy atom. The summed E-state index contributed by atoms with van der Waals surface area (Å²) in [5.74, 6) is 0. The molecule has 2 aromatic rings. The molecule has 5 heteroatoms. The highest BCUT2D eigenvalue weighted by molar-refractivity contribution is 6.08. The summed E-state index contributed by atoms with van der Waals surface area (Å²) in [6.07, 6.45) is 2.06. The van der Waals surface area contributed by atoms with Gasteiger partial charge in [0, 0.05) is 30.4 Å². The zero-order valence-corrected chi connectivity index (χ0v) is 16.7. The third-order valence-corrected chi connectivity index (χ3v) is 5.47. The zero-order chi connectivity index (χ0) is 19.5. The highest BCUT2D eigenvalue weighted by Gasteiger charge is 2.21. The smallest absolute Gasteiger partial charge is 0.112 e. The number of fused-ring (bicyclic) bond motifs is 4. The SMILES string of the molecule is CC(CCN)NCCCNc1c2nc3ccccc3c-2n(C)c2ccccc12. The minimum atomic E-state index is 0.468. The fourth-order valence-electron chi connectivity index (χ4n) is 3.99. The molecule has 0 spiro atoms. The molecule has 4 rings (SSSR count). The molecule has 0 fully saturated rings. The molecule has 1 atom stereocenters. The molecule has 4 N–H and O–H groups in total. The Kier molecular flexibility index (Phi) is 5.46. The summed E-state index contributed by atoms with van der Waals surface area (Å²) in [7, 11) is 2.13. The number of anilines is 1. The normalized spacial score (nSPS) is 12.8. The van der Waals surface area contributed by atoms with Crippen LogP contribution in [-0.2, 0) is 7.05 Å². The van der Waals surface area contributed by atoms with Crippen LogP contribution in [0.3, 0.4) is 0 Å². The van der Waals surface area contributed by atoms with Crippen LogP contribution in [0.15, 0.2) is 48.5 Å². The van der Waals surface area contributed by atoms with Crippen LogP contribution in [0, 0.1) is 0 Å². The quantitative estimate of drug-likeness (QED) is 0.408. The van der Waals surface area contributed by atoms with Gasteiger partial charge in [0.25, 0.3) is 0 Å². The van der Waals surface area contributed by atoms with E-state index in [1.54, 1.807) is 0 Å². The first-order valence-electron chi connectivity index (χ1n) is 10.1. The molecule has 0 saturated heterocycles. The maximum absolute atomic E-state index is 5.62. The van der Waals surface area contributed by atoms with Crippen molar-refractivity contribution in [3.8, 4) is 11.4 Å². The number of nitrogens with two attached hydrogens (primary N) is 1. The van der Waals surface area contributed by atoms with Crippen molar-refractivity contribution < 1.29 is 0 Å². The van der Waals surface area contributed by atoms with Crippen molar-refractivity contribution in [3.63, 3.8) is 0 Å². The fraction of sp³-hybridized carbons (Fsp3) is 0.348. The molecular weight excluding hydrogens is 346 g/mol. The largest absolute Gasteiger partial charge is 0.383 e. The van der Waals surface area contributed by atoms with Gasteiger partial charge < -0.3 is 20.9 Å². The number of hydrogen-bond acceptors (Lipinski definition) is 4. The second kappa shape index (κ2) is 8.17. The van der Waals surface area contributed by atoms with Crippen LogP contribution in [0.2, 0.25) is 0 Å². The number of aryl methyl sites for hydroxylation is 1. The van der Waals surface area contributed by atoms with E-state index in [0.29, 0.717) is 6.04 Å². The average molecular weight is 376 g/mol. The molecule has 0 bridgehead atoms. The monoisotopic (exact) mass is 375 g/mol. The molecule has 0 saturated carbocycles. The van der Waals surface area contributed by atoms with Gasteiger partial charge in [0.05, 0.1) is 22.4 Å². The van der Waals surface area contributed by atoms with Crippen molar-refractivity contribution in [2.45, 2.75) is 25.8 Å². The van der Waals surface area contributed by atoms with Crippen LogP contribution < -0.4 is 16.4 Å². The van der Waals surface area contributed by atoms with Gasteiger partial charge in [0.15, 0.2) is 0 Å². The minimum Gasteiger partial charge on any atom is -0.383 e. The third-order valence-electron chi connectivity index (χ3n) is 5.47. The van der Waals surface area contributed by atoms with Gasteiger partial charge >= 0.3 is 0 Å². The number of rotatable bonds is 8. The number of aromatic nitrogens is 2. The van der Waals surface area contributed by atoms with E-state index in [9.17, 15) is 0 Å². The summed E-state index contributed by atoms with van der Waals surface area (Å²) >= 11 is 0. The van der Waals surface area contributed by atoms with Crippen molar-refractivity contribution in [2.75, 3.05) is 25.0 Å². The van der Waals surface area contributed by atoms with E-state index in [1.165, 1.54) is 22.0 Å². The zero-order valence-electron chi connectivity index (χ0n) is 16.7. The highest BCUT2D eigenvalue weighted by atomic mass is 15.0. The Labute approximate surface area is 166 Å². The summed E-state index contributed by atoms with van der Waals surface area (Å²) in [5, 5.41) is 9.63. The lowest BCUT2D eigenvalue weighted by Gasteiger charge is -2.19. The number of nitrogens with zero attached hydrogens (tertiary/aromatic N) is 2. The summed E-state index contributed by atoms with van der Waals surface area (Å²) in [6, 6.07) is 17.4. The maximum Gasteiger partial charge on any atom is 0.112 e. The Morgan fingerprint density at radius 3 is 2.61 bits per heavy atom. The average Bonchev–Trinajstić information content (AvgIpc) is 3.10. The lowest BCUT2D eigenvalue weighted by molar-refractivity contribution is 0.516. The van der Waals surface area contributed by atoms with Gasteiger partial charge in [-0.2, -0.15) is 0 Å². The van der Waals surface area contributed by atoms with E-state index in [2.05, 4.69) is 77.7 Å². The second-order valence-corrected chi connectivity index (χ2v) is 7.49. The summed E-state index contributed by atoms with van der Waals surface area (Å²) in [5.41, 5.74) is 11.3. The van der Waals surface area contributed by atoms with Crippen LogP contribution in [0.5, 0.6) is 0 Å². The fourth-order valence-corrected chi connectivity index (χ4v) is 3.99. The van der Waals surface area contributed by atoms with E-state index in [4.69, 9.17) is 10.7 Å². The van der Waals surface area contributed by atoms with Crippen LogP contribution in [0.25, 0.3) is 33.2 Å². The van der Waals surface area contributed by atoms with Gasteiger partial charge in [-0.1, -0.05) is 36.4 Å². The van der Waals surface area contributed by atoms with Gasteiger partial charge in [-0.25, -0.2) is 4.98 Å². The standard InChI is InChI=1S/C23H29N5/c1-16(12-13-24)25-14-7-15-26-21-18-9-4-6-11-20(18)28(2)23-17-8-3-5-10-19(17)27-22(21)23/h3-6,8-11,16,25-26H,7,12-15,24H2,1-2H3. The molecule has 1 unspecified atom stereocenters. The maximum atomic E-state index is 5.62. The molecule has 5 nitrogen and oxygen atoms in total. The summed E-state index contributed by atoms with van der Waals surface area (Å²) in [6.45, 7) is 4.80. The van der Waals surface area contributed by atoms with E-state index >= 15 is 0 Å². The van der Waals surface area contributed by atoms with Gasteiger partial charge in [-0.05, 0) is 45.0 Å². The summed E-state index contributed by atoms with van der Waals surface area (Å²) < 4.78 is 2.27. The molecule has 146 valence electrons. The molecule has 0 radical (unpaired) electrons.